The van der Waals surface area contributed by atoms with E-state index in [1.807, 2.05) is 6.79 Å². The second kappa shape index (κ2) is 118. The summed E-state index contributed by atoms with van der Waals surface area (Å²) in [5.74, 6) is 0. The van der Waals surface area contributed by atoms with E-state index in [0.717, 1.165) is 0 Å². The minimum Gasteiger partial charge on any atom is -0.307 e. The van der Waals surface area contributed by atoms with E-state index in [4.69, 9.17) is 4.79 Å². The maximum Gasteiger partial charge on any atom is 0.106 e. The predicted octanol–water partition coefficient (Wildman–Crippen LogP) is 0.449. The normalized spacial score (nSPS) is 1.00. The summed E-state index contributed by atoms with van der Waals surface area (Å²) in [5, 5.41) is 0. The van der Waals surface area contributed by atoms with Crippen molar-refractivity contribution < 1.29 is 27.2 Å². The summed E-state index contributed by atoms with van der Waals surface area (Å²) in [6, 6.07) is 0. The fraction of sp³-hybridized carbons (Fsp3) is 0.500. The Morgan fingerprint density at radius 1 is 1.25 bits per heavy atom. The largest absolute Gasteiger partial charge is 0.307 e. The van der Waals surface area contributed by atoms with Gasteiger partial charge >= 0.3 is 0 Å². The van der Waals surface area contributed by atoms with Gasteiger partial charge in [-0.25, -0.2) is 0 Å². The van der Waals surface area contributed by atoms with E-state index in [2.05, 4.69) is 0 Å². The Labute approximate surface area is 41.9 Å². The SMILES string of the molecule is C.C=O.[Ag]. The number of carbonyl (C=O) groups is 1. The molecule has 0 heterocycles. The van der Waals surface area contributed by atoms with E-state index in [9.17, 15) is 0 Å². The molecule has 0 rings (SSSR count). The molecule has 2 heteroatoms. The zero-order valence-electron chi connectivity index (χ0n) is 1.42. The average Bonchev–Trinajstić information content (AvgIpc) is 1.00. The molecule has 0 aliphatic rings. The molecular formula is C2H6AgO. The van der Waals surface area contributed by atoms with Crippen LogP contribution in [0.1, 0.15) is 7.43 Å². The maximum absolute atomic E-state index is 8.00. The van der Waals surface area contributed by atoms with Crippen LogP contribution in [0.15, 0.2) is 0 Å². The fourth-order valence-electron chi connectivity index (χ4n) is 0. The van der Waals surface area contributed by atoms with Gasteiger partial charge in [-0.3, -0.25) is 0 Å². The predicted molar refractivity (Wildman–Crippen MR) is 13.9 cm³/mol. The van der Waals surface area contributed by atoms with Gasteiger partial charge in [0.05, 0.1) is 0 Å². The van der Waals surface area contributed by atoms with Gasteiger partial charge in [-0.15, -0.1) is 0 Å². The van der Waals surface area contributed by atoms with Crippen LogP contribution in [0.25, 0.3) is 0 Å². The van der Waals surface area contributed by atoms with Gasteiger partial charge in [0.2, 0.25) is 0 Å². The zero-order chi connectivity index (χ0) is 2.00. The quantitative estimate of drug-likeness (QED) is 0.463. The molecular weight excluding hydrogens is 148 g/mol. The van der Waals surface area contributed by atoms with Crippen LogP contribution < -0.4 is 0 Å². The van der Waals surface area contributed by atoms with Crippen molar-refractivity contribution in [3.05, 3.63) is 0 Å². The van der Waals surface area contributed by atoms with Crippen LogP contribution in [0, 0.1) is 0 Å². The third-order valence-electron chi connectivity index (χ3n) is 0. The third-order valence-corrected chi connectivity index (χ3v) is 0. The molecule has 0 aromatic heterocycles. The third kappa shape index (κ3) is 28.5. The first-order chi connectivity index (χ1) is 1.00. The average molecular weight is 154 g/mol. The molecule has 0 unspecified atom stereocenters. The van der Waals surface area contributed by atoms with E-state index >= 15 is 0 Å². The van der Waals surface area contributed by atoms with Crippen molar-refractivity contribution in [2.45, 2.75) is 7.43 Å². The van der Waals surface area contributed by atoms with Gasteiger partial charge in [-0.1, -0.05) is 7.43 Å². The number of rotatable bonds is 0. The summed E-state index contributed by atoms with van der Waals surface area (Å²) < 4.78 is 0. The minimum atomic E-state index is 0. The van der Waals surface area contributed by atoms with Crippen LogP contribution in [0.4, 0.5) is 0 Å². The van der Waals surface area contributed by atoms with Crippen molar-refractivity contribution in [1.29, 1.82) is 0 Å². The van der Waals surface area contributed by atoms with Crippen molar-refractivity contribution in [1.82, 2.24) is 0 Å². The summed E-state index contributed by atoms with van der Waals surface area (Å²) in [6.07, 6.45) is 0. The van der Waals surface area contributed by atoms with E-state index in [1.54, 1.807) is 0 Å². The molecule has 0 fully saturated rings. The molecule has 0 atom stereocenters. The van der Waals surface area contributed by atoms with Gasteiger partial charge in [0.1, 0.15) is 6.79 Å². The molecule has 0 bridgehead atoms. The fourth-order valence-corrected chi connectivity index (χ4v) is 0. The van der Waals surface area contributed by atoms with Crippen molar-refractivity contribution in [2.24, 2.45) is 0 Å². The molecule has 0 saturated heterocycles. The first kappa shape index (κ1) is 25.8. The number of hydrogen-bond acceptors (Lipinski definition) is 1. The summed E-state index contributed by atoms with van der Waals surface area (Å²) >= 11 is 0. The Morgan fingerprint density at radius 3 is 1.25 bits per heavy atom. The first-order valence-corrected chi connectivity index (χ1v) is 0.289. The molecule has 0 amide bonds. The Balaban J connectivity index is -0.00000000500. The van der Waals surface area contributed by atoms with Crippen molar-refractivity contribution in [3.63, 3.8) is 0 Å². The summed E-state index contributed by atoms with van der Waals surface area (Å²) in [6.45, 7) is 2.00. The van der Waals surface area contributed by atoms with Crippen molar-refractivity contribution in [2.75, 3.05) is 0 Å². The zero-order valence-corrected chi connectivity index (χ0v) is 2.90. The van der Waals surface area contributed by atoms with E-state index in [-0.39, 0.29) is 29.8 Å². The number of hydrogen-bond donors (Lipinski definition) is 0. The second-order valence-electron chi connectivity index (χ2n) is 0. The van der Waals surface area contributed by atoms with Crippen LogP contribution >= 0.6 is 0 Å². The molecule has 31 valence electrons. The Hall–Kier alpha value is 0.410. The molecule has 1 nitrogen and oxygen atoms in total. The van der Waals surface area contributed by atoms with Crippen LogP contribution in [-0.2, 0) is 27.2 Å². The molecule has 0 aliphatic carbocycles. The van der Waals surface area contributed by atoms with Crippen molar-refractivity contribution >= 4 is 6.79 Å². The van der Waals surface area contributed by atoms with Crippen LogP contribution in [-0.4, -0.2) is 6.79 Å². The Kier molecular flexibility index (Phi) is 759. The summed E-state index contributed by atoms with van der Waals surface area (Å²) in [5.41, 5.74) is 0. The van der Waals surface area contributed by atoms with Gasteiger partial charge in [0.25, 0.3) is 0 Å². The van der Waals surface area contributed by atoms with E-state index < -0.39 is 0 Å². The molecule has 4 heavy (non-hydrogen) atoms. The van der Waals surface area contributed by atoms with Crippen molar-refractivity contribution in [3.8, 4) is 0 Å². The summed E-state index contributed by atoms with van der Waals surface area (Å²) in [7, 11) is 0. The van der Waals surface area contributed by atoms with Gasteiger partial charge < -0.3 is 4.79 Å². The topological polar surface area (TPSA) is 17.1 Å². The molecule has 0 N–H and O–H groups in total. The number of carbonyl (C=O) groups excluding carboxylic acids is 1. The van der Waals surface area contributed by atoms with Gasteiger partial charge in [-0.05, 0) is 0 Å². The van der Waals surface area contributed by atoms with E-state index in [0.29, 0.717) is 0 Å². The molecule has 0 saturated carbocycles. The molecule has 1 radical (unpaired) electrons. The monoisotopic (exact) mass is 153 g/mol. The molecule has 0 aromatic carbocycles. The minimum absolute atomic E-state index is 0. The standard InChI is InChI=1S/CH2O.CH4.Ag/c1-2;;/h1H2;1H4;. The second-order valence-corrected chi connectivity index (χ2v) is 0. The molecule has 0 spiro atoms. The molecule has 0 aliphatic heterocycles. The van der Waals surface area contributed by atoms with Gasteiger partial charge in [0, 0.05) is 22.4 Å². The van der Waals surface area contributed by atoms with Gasteiger partial charge in [0.15, 0.2) is 0 Å². The van der Waals surface area contributed by atoms with Gasteiger partial charge in [-0.2, -0.15) is 0 Å². The Bertz CT molecular complexity index is 6.00. The smallest absolute Gasteiger partial charge is 0.106 e. The van der Waals surface area contributed by atoms with Crippen LogP contribution in [0.5, 0.6) is 0 Å². The van der Waals surface area contributed by atoms with E-state index in [1.165, 1.54) is 0 Å². The first-order valence-electron chi connectivity index (χ1n) is 0.289. The maximum atomic E-state index is 8.00. The summed E-state index contributed by atoms with van der Waals surface area (Å²) in [4.78, 5) is 8.00. The Morgan fingerprint density at radius 2 is 1.25 bits per heavy atom. The molecule has 0 aromatic rings. The van der Waals surface area contributed by atoms with Crippen LogP contribution in [0.3, 0.4) is 0 Å². The van der Waals surface area contributed by atoms with Crippen LogP contribution in [0.2, 0.25) is 0 Å².